The van der Waals surface area contributed by atoms with Crippen molar-refractivity contribution in [3.63, 3.8) is 0 Å². The lowest BCUT2D eigenvalue weighted by molar-refractivity contribution is -0.385. The van der Waals surface area contributed by atoms with Gasteiger partial charge in [0.25, 0.3) is 5.69 Å². The van der Waals surface area contributed by atoms with Crippen LogP contribution in [0.4, 0.5) is 5.69 Å². The quantitative estimate of drug-likeness (QED) is 0.470. The summed E-state index contributed by atoms with van der Waals surface area (Å²) in [5.74, 6) is 0.195. The third-order valence-corrected chi connectivity index (χ3v) is 4.88. The maximum atomic E-state index is 11.5. The Hall–Kier alpha value is -3.29. The molecule has 2 aromatic rings. The lowest BCUT2D eigenvalue weighted by Crippen LogP contribution is -2.24. The van der Waals surface area contributed by atoms with Gasteiger partial charge in [-0.25, -0.2) is 0 Å². The maximum Gasteiger partial charge on any atom is 0.304 e. The number of methoxy groups -OCH3 is 2. The monoisotopic (exact) mass is 417 g/mol. The Morgan fingerprint density at radius 1 is 1.07 bits per heavy atom. The van der Waals surface area contributed by atoms with Gasteiger partial charge in [-0.15, -0.1) is 0 Å². The molecular formula is C22H27NO7. The number of rotatable bonds is 9. The molecule has 0 saturated heterocycles. The highest BCUT2D eigenvalue weighted by Gasteiger charge is 2.30. The first kappa shape index (κ1) is 23.0. The summed E-state index contributed by atoms with van der Waals surface area (Å²) in [7, 11) is 2.86. The Bertz CT molecular complexity index is 966. The van der Waals surface area contributed by atoms with Gasteiger partial charge in [-0.1, -0.05) is 19.9 Å². The molecule has 0 heterocycles. The minimum atomic E-state index is -0.915. The fourth-order valence-electron chi connectivity index (χ4n) is 3.73. The topological polar surface area (TPSA) is 108 Å². The summed E-state index contributed by atoms with van der Waals surface area (Å²) in [4.78, 5) is 22.4. The number of carboxylic acids is 1. The Kier molecular flexibility index (Phi) is 6.92. The van der Waals surface area contributed by atoms with Crippen molar-refractivity contribution in [1.29, 1.82) is 0 Å². The number of aryl methyl sites for hydroxylation is 2. The van der Waals surface area contributed by atoms with E-state index < -0.39 is 16.3 Å². The minimum Gasteiger partial charge on any atom is -0.493 e. The van der Waals surface area contributed by atoms with Gasteiger partial charge in [0, 0.05) is 11.0 Å². The van der Waals surface area contributed by atoms with Crippen LogP contribution < -0.4 is 14.2 Å². The van der Waals surface area contributed by atoms with E-state index in [-0.39, 0.29) is 24.5 Å². The highest BCUT2D eigenvalue weighted by molar-refractivity contribution is 5.69. The predicted octanol–water partition coefficient (Wildman–Crippen LogP) is 4.56. The second-order valence-electron chi connectivity index (χ2n) is 7.79. The predicted molar refractivity (Wildman–Crippen MR) is 112 cm³/mol. The number of aliphatic carboxylic acids is 1. The average molecular weight is 417 g/mol. The van der Waals surface area contributed by atoms with Gasteiger partial charge >= 0.3 is 5.97 Å². The number of carboxylic acid groups (broad SMARTS) is 1. The van der Waals surface area contributed by atoms with Gasteiger partial charge in [0.2, 0.25) is 0 Å². The second-order valence-corrected chi connectivity index (χ2v) is 7.79. The zero-order chi connectivity index (χ0) is 22.6. The fourth-order valence-corrected chi connectivity index (χ4v) is 3.73. The summed E-state index contributed by atoms with van der Waals surface area (Å²) in [6, 6.07) is 6.60. The van der Waals surface area contributed by atoms with E-state index in [2.05, 4.69) is 0 Å². The van der Waals surface area contributed by atoms with Crippen molar-refractivity contribution < 1.29 is 29.0 Å². The van der Waals surface area contributed by atoms with Crippen molar-refractivity contribution >= 4 is 11.7 Å². The molecule has 8 nitrogen and oxygen atoms in total. The molecule has 30 heavy (non-hydrogen) atoms. The van der Waals surface area contributed by atoms with Crippen LogP contribution in [0.25, 0.3) is 0 Å². The highest BCUT2D eigenvalue weighted by atomic mass is 16.6. The molecule has 2 aromatic carbocycles. The Labute approximate surface area is 175 Å². The molecule has 0 bridgehead atoms. The van der Waals surface area contributed by atoms with Crippen molar-refractivity contribution in [2.45, 2.75) is 46.1 Å². The van der Waals surface area contributed by atoms with Crippen molar-refractivity contribution in [3.05, 3.63) is 56.6 Å². The number of benzene rings is 2. The first-order valence-electron chi connectivity index (χ1n) is 9.35. The van der Waals surface area contributed by atoms with Crippen LogP contribution in [0.2, 0.25) is 0 Å². The molecule has 0 spiro atoms. The van der Waals surface area contributed by atoms with E-state index in [1.54, 1.807) is 0 Å². The van der Waals surface area contributed by atoms with Crippen LogP contribution in [-0.4, -0.2) is 30.2 Å². The van der Waals surface area contributed by atoms with Gasteiger partial charge in [-0.05, 0) is 37.1 Å². The molecule has 162 valence electrons. The summed E-state index contributed by atoms with van der Waals surface area (Å²) in [6.45, 7) is 7.40. The first-order chi connectivity index (χ1) is 14.0. The van der Waals surface area contributed by atoms with E-state index in [4.69, 9.17) is 14.2 Å². The smallest absolute Gasteiger partial charge is 0.304 e. The van der Waals surface area contributed by atoms with Crippen LogP contribution in [0.1, 0.15) is 42.5 Å². The summed E-state index contributed by atoms with van der Waals surface area (Å²) >= 11 is 0. The number of nitro benzene ring substituents is 1. The number of nitro groups is 1. The molecule has 0 amide bonds. The van der Waals surface area contributed by atoms with Crippen molar-refractivity contribution in [2.75, 3.05) is 14.2 Å². The van der Waals surface area contributed by atoms with Crippen LogP contribution in [0.5, 0.6) is 17.2 Å². The van der Waals surface area contributed by atoms with Crippen molar-refractivity contribution in [2.24, 2.45) is 0 Å². The normalized spacial score (nSPS) is 11.1. The molecule has 2 rings (SSSR count). The van der Waals surface area contributed by atoms with Gasteiger partial charge in [0.15, 0.2) is 11.5 Å². The van der Waals surface area contributed by atoms with E-state index in [0.29, 0.717) is 17.1 Å². The molecule has 0 fully saturated rings. The summed E-state index contributed by atoms with van der Waals surface area (Å²) in [6.07, 6.45) is -0.0796. The zero-order valence-electron chi connectivity index (χ0n) is 18.1. The maximum absolute atomic E-state index is 11.5. The third-order valence-electron chi connectivity index (χ3n) is 4.88. The van der Waals surface area contributed by atoms with E-state index >= 15 is 0 Å². The molecule has 0 aliphatic heterocycles. The van der Waals surface area contributed by atoms with Crippen molar-refractivity contribution in [3.8, 4) is 17.2 Å². The van der Waals surface area contributed by atoms with Crippen LogP contribution in [0.3, 0.4) is 0 Å². The molecule has 1 N–H and O–H groups in total. The fraction of sp³-hybridized carbons (Fsp3) is 0.409. The molecule has 0 unspecified atom stereocenters. The van der Waals surface area contributed by atoms with Crippen LogP contribution >= 0.6 is 0 Å². The van der Waals surface area contributed by atoms with Gasteiger partial charge in [0.1, 0.15) is 12.4 Å². The molecule has 0 saturated carbocycles. The molecular weight excluding hydrogens is 390 g/mol. The standard InChI is InChI=1S/C22H27NO7/c1-13-7-14(2)21(22(3,4)11-20(24)25)19(8-13)30-12-15-9-17(28-5)18(29-6)10-16(15)23(26)27/h7-10H,11-12H2,1-6H3,(H,24,25). The number of carbonyl (C=O) groups is 1. The van der Waals surface area contributed by atoms with Gasteiger partial charge in [-0.2, -0.15) is 0 Å². The van der Waals surface area contributed by atoms with Crippen LogP contribution in [0, 0.1) is 24.0 Å². The molecule has 0 radical (unpaired) electrons. The number of ether oxygens (including phenoxy) is 3. The molecule has 0 aliphatic rings. The van der Waals surface area contributed by atoms with Gasteiger partial charge < -0.3 is 19.3 Å². The van der Waals surface area contributed by atoms with E-state index in [9.17, 15) is 20.0 Å². The Balaban J connectivity index is 2.50. The number of nitrogens with zero attached hydrogens (tertiary/aromatic N) is 1. The SMILES string of the molecule is COc1cc(COc2cc(C)cc(C)c2C(C)(C)CC(=O)O)c([N+](=O)[O-])cc1OC. The van der Waals surface area contributed by atoms with Crippen LogP contribution in [-0.2, 0) is 16.8 Å². The van der Waals surface area contributed by atoms with E-state index in [0.717, 1.165) is 16.7 Å². The second kappa shape index (κ2) is 9.02. The summed E-state index contributed by atoms with van der Waals surface area (Å²) < 4.78 is 16.4. The van der Waals surface area contributed by atoms with Gasteiger partial charge in [-0.3, -0.25) is 14.9 Å². The molecule has 0 aromatic heterocycles. The first-order valence-corrected chi connectivity index (χ1v) is 9.35. The zero-order valence-corrected chi connectivity index (χ0v) is 18.1. The minimum absolute atomic E-state index is 0.0796. The molecule has 0 atom stereocenters. The number of hydrogen-bond acceptors (Lipinski definition) is 6. The molecule has 0 aliphatic carbocycles. The largest absolute Gasteiger partial charge is 0.493 e. The van der Waals surface area contributed by atoms with Gasteiger partial charge in [0.05, 0.1) is 37.2 Å². The Morgan fingerprint density at radius 3 is 2.20 bits per heavy atom. The summed E-state index contributed by atoms with van der Waals surface area (Å²) in [5, 5.41) is 20.9. The number of hydrogen-bond donors (Lipinski definition) is 1. The third kappa shape index (κ3) is 5.00. The lowest BCUT2D eigenvalue weighted by Gasteiger charge is -2.28. The summed E-state index contributed by atoms with van der Waals surface area (Å²) in [5.41, 5.74) is 2.08. The lowest BCUT2D eigenvalue weighted by atomic mass is 9.78. The van der Waals surface area contributed by atoms with E-state index in [1.807, 2.05) is 39.8 Å². The van der Waals surface area contributed by atoms with Crippen LogP contribution in [0.15, 0.2) is 24.3 Å². The average Bonchev–Trinajstić information content (AvgIpc) is 2.63. The van der Waals surface area contributed by atoms with E-state index in [1.165, 1.54) is 26.4 Å². The highest BCUT2D eigenvalue weighted by Crippen LogP contribution is 2.39. The Morgan fingerprint density at radius 2 is 1.67 bits per heavy atom. The molecule has 8 heteroatoms. The van der Waals surface area contributed by atoms with Crippen molar-refractivity contribution in [1.82, 2.24) is 0 Å².